The van der Waals surface area contributed by atoms with Gasteiger partial charge in [0.2, 0.25) is 5.91 Å². The molecule has 0 atom stereocenters. The Bertz CT molecular complexity index is 558. The van der Waals surface area contributed by atoms with Crippen LogP contribution in [0.5, 0.6) is 0 Å². The molecular weight excluding hydrogens is 290 g/mol. The third-order valence-electron chi connectivity index (χ3n) is 3.73. The quantitative estimate of drug-likeness (QED) is 0.884. The Morgan fingerprint density at radius 3 is 2.86 bits per heavy atom. The van der Waals surface area contributed by atoms with Crippen molar-refractivity contribution in [2.75, 3.05) is 25.5 Å². The summed E-state index contributed by atoms with van der Waals surface area (Å²) in [5.41, 5.74) is 2.93. The van der Waals surface area contributed by atoms with Crippen molar-refractivity contribution in [1.82, 2.24) is 10.2 Å². The van der Waals surface area contributed by atoms with Crippen LogP contribution in [0.1, 0.15) is 28.8 Å². The van der Waals surface area contributed by atoms with Crippen LogP contribution in [0.15, 0.2) is 18.2 Å². The van der Waals surface area contributed by atoms with Gasteiger partial charge < -0.3 is 15.5 Å². The van der Waals surface area contributed by atoms with Crippen molar-refractivity contribution in [3.63, 3.8) is 0 Å². The van der Waals surface area contributed by atoms with E-state index in [4.69, 9.17) is 0 Å². The first kappa shape index (κ1) is 15.6. The van der Waals surface area contributed by atoms with Crippen LogP contribution in [0, 0.1) is 0 Å². The molecule has 2 amide bonds. The number of hydrogen-bond donors (Lipinski definition) is 2. The highest BCUT2D eigenvalue weighted by Gasteiger charge is 2.24. The van der Waals surface area contributed by atoms with E-state index < -0.39 is 0 Å². The average Bonchev–Trinajstić information content (AvgIpc) is 3.11. The van der Waals surface area contributed by atoms with Crippen LogP contribution in [0.3, 0.4) is 0 Å². The van der Waals surface area contributed by atoms with Crippen molar-refractivity contribution in [2.45, 2.75) is 25.3 Å². The van der Waals surface area contributed by atoms with Crippen molar-refractivity contribution in [1.29, 1.82) is 0 Å². The minimum absolute atomic E-state index is 0. The van der Waals surface area contributed by atoms with Gasteiger partial charge in [0, 0.05) is 30.9 Å². The van der Waals surface area contributed by atoms with E-state index in [2.05, 4.69) is 10.6 Å². The van der Waals surface area contributed by atoms with Crippen molar-refractivity contribution < 1.29 is 9.59 Å². The molecule has 114 valence electrons. The van der Waals surface area contributed by atoms with Gasteiger partial charge in [-0.25, -0.2) is 0 Å². The summed E-state index contributed by atoms with van der Waals surface area (Å²) in [4.78, 5) is 25.5. The Kier molecular flexibility index (Phi) is 4.73. The van der Waals surface area contributed by atoms with Gasteiger partial charge in [0.15, 0.2) is 0 Å². The van der Waals surface area contributed by atoms with E-state index in [1.54, 1.807) is 7.05 Å². The van der Waals surface area contributed by atoms with Crippen LogP contribution >= 0.6 is 12.4 Å². The lowest BCUT2D eigenvalue weighted by Gasteiger charge is -2.17. The normalized spacial score (nSPS) is 15.5. The van der Waals surface area contributed by atoms with Crippen molar-refractivity contribution in [2.24, 2.45) is 0 Å². The maximum Gasteiger partial charge on any atom is 0.254 e. The van der Waals surface area contributed by atoms with Crippen molar-refractivity contribution in [3.05, 3.63) is 29.3 Å². The van der Waals surface area contributed by atoms with E-state index in [-0.39, 0.29) is 30.8 Å². The van der Waals surface area contributed by atoms with E-state index in [9.17, 15) is 9.59 Å². The summed E-state index contributed by atoms with van der Waals surface area (Å²) in [5.74, 6) is -0.183. The van der Waals surface area contributed by atoms with Gasteiger partial charge >= 0.3 is 0 Å². The monoisotopic (exact) mass is 309 g/mol. The largest absolute Gasteiger partial charge is 0.384 e. The summed E-state index contributed by atoms with van der Waals surface area (Å²) in [6, 6.07) is 6.01. The Hall–Kier alpha value is -1.75. The number of anilines is 1. The highest BCUT2D eigenvalue weighted by Crippen LogP contribution is 2.23. The van der Waals surface area contributed by atoms with E-state index >= 15 is 0 Å². The molecule has 2 N–H and O–H groups in total. The Balaban J connectivity index is 0.00000161. The van der Waals surface area contributed by atoms with Gasteiger partial charge in [-0.05, 0) is 43.0 Å². The van der Waals surface area contributed by atoms with Gasteiger partial charge in [0.25, 0.3) is 5.91 Å². The smallest absolute Gasteiger partial charge is 0.254 e. The third kappa shape index (κ3) is 3.67. The first-order chi connectivity index (χ1) is 9.63. The molecule has 1 fully saturated rings. The van der Waals surface area contributed by atoms with Gasteiger partial charge in [-0.2, -0.15) is 0 Å². The molecule has 1 aliphatic heterocycles. The number of carbonyl (C=O) groups is 2. The van der Waals surface area contributed by atoms with Crippen LogP contribution in [0.25, 0.3) is 0 Å². The van der Waals surface area contributed by atoms with Crippen LogP contribution in [0.2, 0.25) is 0 Å². The number of nitrogens with zero attached hydrogens (tertiary/aromatic N) is 1. The lowest BCUT2D eigenvalue weighted by molar-refractivity contribution is -0.121. The average molecular weight is 310 g/mol. The Morgan fingerprint density at radius 2 is 2.14 bits per heavy atom. The highest BCUT2D eigenvalue weighted by molar-refractivity contribution is 5.97. The van der Waals surface area contributed by atoms with E-state index in [1.807, 2.05) is 18.2 Å². The lowest BCUT2D eigenvalue weighted by atomic mass is 10.1. The number of carbonyl (C=O) groups excluding carboxylic acids is 2. The molecule has 6 heteroatoms. The molecule has 1 aliphatic carbocycles. The molecule has 0 aromatic heterocycles. The Labute approximate surface area is 130 Å². The van der Waals surface area contributed by atoms with Crippen LogP contribution in [-0.2, 0) is 11.2 Å². The molecule has 1 heterocycles. The topological polar surface area (TPSA) is 61.4 Å². The van der Waals surface area contributed by atoms with E-state index in [1.165, 1.54) is 10.5 Å². The molecule has 0 radical (unpaired) electrons. The molecule has 1 aromatic rings. The molecule has 3 rings (SSSR count). The van der Waals surface area contributed by atoms with E-state index in [0.717, 1.165) is 31.5 Å². The van der Waals surface area contributed by atoms with Crippen molar-refractivity contribution >= 4 is 29.9 Å². The number of nitrogens with one attached hydrogen (secondary N) is 2. The standard InChI is InChI=1S/C15H19N3O2.ClH/c1-18(9-14(19)17-12-3-4-12)15(20)11-2-5-13-10(8-11)6-7-16-13;/h2,5,8,12,16H,3-4,6-7,9H2,1H3,(H,17,19);1H. The molecule has 0 spiro atoms. The fraction of sp³-hybridized carbons (Fsp3) is 0.467. The molecule has 0 unspecified atom stereocenters. The summed E-state index contributed by atoms with van der Waals surface area (Å²) in [6.07, 6.45) is 3.06. The predicted octanol–water partition coefficient (Wildman–Crippen LogP) is 1.43. The maximum absolute atomic E-state index is 12.3. The van der Waals surface area contributed by atoms with Gasteiger partial charge in [-0.1, -0.05) is 0 Å². The van der Waals surface area contributed by atoms with Gasteiger partial charge in [0.05, 0.1) is 6.54 Å². The number of hydrogen-bond acceptors (Lipinski definition) is 3. The molecule has 0 bridgehead atoms. The molecule has 0 saturated heterocycles. The molecule has 1 saturated carbocycles. The minimum Gasteiger partial charge on any atom is -0.384 e. The summed E-state index contributed by atoms with van der Waals surface area (Å²) in [6.45, 7) is 1.04. The summed E-state index contributed by atoms with van der Waals surface area (Å²) in [7, 11) is 1.67. The van der Waals surface area contributed by atoms with Crippen LogP contribution in [-0.4, -0.2) is 42.9 Å². The number of likely N-dealkylation sites (N-methyl/N-ethyl adjacent to an activating group) is 1. The summed E-state index contributed by atoms with van der Waals surface area (Å²) in [5, 5.41) is 6.16. The predicted molar refractivity (Wildman–Crippen MR) is 84.0 cm³/mol. The Morgan fingerprint density at radius 1 is 1.38 bits per heavy atom. The fourth-order valence-electron chi connectivity index (χ4n) is 2.45. The van der Waals surface area contributed by atoms with Gasteiger partial charge in [-0.15, -0.1) is 12.4 Å². The maximum atomic E-state index is 12.3. The zero-order chi connectivity index (χ0) is 14.1. The first-order valence-electron chi connectivity index (χ1n) is 7.05. The lowest BCUT2D eigenvalue weighted by Crippen LogP contribution is -2.39. The van der Waals surface area contributed by atoms with Gasteiger partial charge in [0.1, 0.15) is 0 Å². The molecule has 2 aliphatic rings. The molecular formula is C15H20ClN3O2. The number of halogens is 1. The zero-order valence-corrected chi connectivity index (χ0v) is 12.8. The second-order valence-electron chi connectivity index (χ2n) is 5.55. The van der Waals surface area contributed by atoms with E-state index in [0.29, 0.717) is 11.6 Å². The SMILES string of the molecule is CN(CC(=O)NC1CC1)C(=O)c1ccc2c(c1)CCN2.Cl. The number of fused-ring (bicyclic) bond motifs is 1. The van der Waals surface area contributed by atoms with Gasteiger partial charge in [-0.3, -0.25) is 9.59 Å². The second-order valence-corrected chi connectivity index (χ2v) is 5.55. The number of amides is 2. The number of benzene rings is 1. The summed E-state index contributed by atoms with van der Waals surface area (Å²) >= 11 is 0. The second kappa shape index (κ2) is 6.35. The first-order valence-corrected chi connectivity index (χ1v) is 7.05. The molecule has 1 aromatic carbocycles. The van der Waals surface area contributed by atoms with Crippen LogP contribution < -0.4 is 10.6 Å². The summed E-state index contributed by atoms with van der Waals surface area (Å²) < 4.78 is 0. The van der Waals surface area contributed by atoms with Crippen LogP contribution in [0.4, 0.5) is 5.69 Å². The third-order valence-corrected chi connectivity index (χ3v) is 3.73. The minimum atomic E-state index is -0.106. The molecule has 5 nitrogen and oxygen atoms in total. The van der Waals surface area contributed by atoms with Crippen molar-refractivity contribution in [3.8, 4) is 0 Å². The fourth-order valence-corrected chi connectivity index (χ4v) is 2.45. The number of rotatable bonds is 4. The highest BCUT2D eigenvalue weighted by atomic mass is 35.5. The molecule has 21 heavy (non-hydrogen) atoms. The zero-order valence-electron chi connectivity index (χ0n) is 12.0.